The minimum Gasteiger partial charge on any atom is -0.480 e. The monoisotopic (exact) mass is 267 g/mol. The minimum atomic E-state index is -1.13. The average molecular weight is 268 g/mol. The quantitative estimate of drug-likeness (QED) is 0.882. The molecule has 2 rings (SSSR count). The molecule has 1 aliphatic rings. The molecule has 2 N–H and O–H groups in total. The highest BCUT2D eigenvalue weighted by molar-refractivity contribution is 6.31. The van der Waals surface area contributed by atoms with Crippen molar-refractivity contribution in [3.05, 3.63) is 34.9 Å². The van der Waals surface area contributed by atoms with Crippen LogP contribution in [0.5, 0.6) is 0 Å². The standard InChI is InChI=1S/C13H14ClNO3/c1-8(16)15-13(12(17)18)6-9(7-13)10-4-2-3-5-11(10)14/h2-5,9H,6-7H2,1H3,(H,15,16)(H,17,18). The van der Waals surface area contributed by atoms with Gasteiger partial charge in [-0.1, -0.05) is 29.8 Å². The highest BCUT2D eigenvalue weighted by atomic mass is 35.5. The Bertz CT molecular complexity index is 495. The molecule has 0 atom stereocenters. The van der Waals surface area contributed by atoms with E-state index in [1.807, 2.05) is 18.2 Å². The van der Waals surface area contributed by atoms with E-state index in [2.05, 4.69) is 5.32 Å². The second kappa shape index (κ2) is 4.61. The van der Waals surface area contributed by atoms with Gasteiger partial charge in [-0.3, -0.25) is 4.79 Å². The van der Waals surface area contributed by atoms with Gasteiger partial charge in [-0.15, -0.1) is 0 Å². The Kier molecular flexibility index (Phi) is 3.30. The van der Waals surface area contributed by atoms with E-state index in [0.717, 1.165) is 5.56 Å². The molecule has 0 saturated heterocycles. The normalized spacial score (nSPS) is 26.2. The van der Waals surface area contributed by atoms with Crippen molar-refractivity contribution in [1.29, 1.82) is 0 Å². The highest BCUT2D eigenvalue weighted by Crippen LogP contribution is 2.46. The van der Waals surface area contributed by atoms with Crippen LogP contribution < -0.4 is 5.32 Å². The van der Waals surface area contributed by atoms with Crippen LogP contribution in [-0.2, 0) is 9.59 Å². The van der Waals surface area contributed by atoms with Gasteiger partial charge in [0.1, 0.15) is 5.54 Å². The smallest absolute Gasteiger partial charge is 0.329 e. The van der Waals surface area contributed by atoms with Crippen LogP contribution in [0.3, 0.4) is 0 Å². The molecule has 0 radical (unpaired) electrons. The number of carbonyl (C=O) groups excluding carboxylic acids is 1. The average Bonchev–Trinajstić information content (AvgIpc) is 2.23. The topological polar surface area (TPSA) is 66.4 Å². The maximum Gasteiger partial charge on any atom is 0.329 e. The zero-order valence-corrected chi connectivity index (χ0v) is 10.7. The first-order valence-corrected chi connectivity index (χ1v) is 6.09. The van der Waals surface area contributed by atoms with E-state index in [1.165, 1.54) is 6.92 Å². The Hall–Kier alpha value is -1.55. The fraction of sp³-hybridized carbons (Fsp3) is 0.385. The van der Waals surface area contributed by atoms with Gasteiger partial charge in [0.15, 0.2) is 0 Å². The molecule has 1 aromatic rings. The molecule has 1 aromatic carbocycles. The summed E-state index contributed by atoms with van der Waals surface area (Å²) in [6.07, 6.45) is 0.761. The minimum absolute atomic E-state index is 0.0849. The van der Waals surface area contributed by atoms with E-state index in [4.69, 9.17) is 11.6 Å². The summed E-state index contributed by atoms with van der Waals surface area (Å²) in [6, 6.07) is 7.39. The van der Waals surface area contributed by atoms with E-state index in [0.29, 0.717) is 17.9 Å². The summed E-state index contributed by atoms with van der Waals surface area (Å²) in [4.78, 5) is 22.3. The van der Waals surface area contributed by atoms with Gasteiger partial charge in [-0.05, 0) is 30.4 Å². The number of nitrogens with one attached hydrogen (secondary N) is 1. The first-order valence-electron chi connectivity index (χ1n) is 5.71. The van der Waals surface area contributed by atoms with Crippen LogP contribution in [0.15, 0.2) is 24.3 Å². The SMILES string of the molecule is CC(=O)NC1(C(=O)O)CC(c2ccccc2Cl)C1. The van der Waals surface area contributed by atoms with Gasteiger partial charge in [0, 0.05) is 11.9 Å². The number of carboxylic acids is 1. The summed E-state index contributed by atoms with van der Waals surface area (Å²) < 4.78 is 0. The van der Waals surface area contributed by atoms with E-state index >= 15 is 0 Å². The molecule has 0 aliphatic heterocycles. The Morgan fingerprint density at radius 1 is 1.39 bits per heavy atom. The van der Waals surface area contributed by atoms with Crippen molar-refractivity contribution in [2.45, 2.75) is 31.2 Å². The predicted molar refractivity (Wildman–Crippen MR) is 67.6 cm³/mol. The summed E-state index contributed by atoms with van der Waals surface area (Å²) in [5.74, 6) is -1.22. The van der Waals surface area contributed by atoms with Crippen molar-refractivity contribution in [3.63, 3.8) is 0 Å². The van der Waals surface area contributed by atoms with Gasteiger partial charge in [0.05, 0.1) is 0 Å². The molecule has 0 heterocycles. The second-order valence-corrected chi connectivity index (χ2v) is 5.10. The van der Waals surface area contributed by atoms with Crippen molar-refractivity contribution in [3.8, 4) is 0 Å². The van der Waals surface area contributed by atoms with Crippen LogP contribution in [-0.4, -0.2) is 22.5 Å². The van der Waals surface area contributed by atoms with Gasteiger partial charge in [0.2, 0.25) is 5.91 Å². The zero-order chi connectivity index (χ0) is 13.3. The molecular formula is C13H14ClNO3. The summed E-state index contributed by atoms with van der Waals surface area (Å²) in [7, 11) is 0. The number of benzene rings is 1. The maximum atomic E-state index is 11.3. The van der Waals surface area contributed by atoms with E-state index in [1.54, 1.807) is 6.07 Å². The molecule has 4 nitrogen and oxygen atoms in total. The molecule has 0 unspecified atom stereocenters. The molecule has 0 aromatic heterocycles. The van der Waals surface area contributed by atoms with Crippen LogP contribution in [0, 0.1) is 0 Å². The van der Waals surface area contributed by atoms with Crippen LogP contribution in [0.25, 0.3) is 0 Å². The van der Waals surface area contributed by atoms with Crippen LogP contribution in [0.2, 0.25) is 5.02 Å². The lowest BCUT2D eigenvalue weighted by Gasteiger charge is -2.45. The maximum absolute atomic E-state index is 11.3. The van der Waals surface area contributed by atoms with Gasteiger partial charge in [0.25, 0.3) is 0 Å². The third-order valence-corrected chi connectivity index (χ3v) is 3.70. The number of hydrogen-bond acceptors (Lipinski definition) is 2. The van der Waals surface area contributed by atoms with Crippen molar-refractivity contribution >= 4 is 23.5 Å². The molecule has 0 bridgehead atoms. The fourth-order valence-electron chi connectivity index (χ4n) is 2.47. The number of carbonyl (C=O) groups is 2. The van der Waals surface area contributed by atoms with Crippen molar-refractivity contribution < 1.29 is 14.7 Å². The molecule has 96 valence electrons. The number of hydrogen-bond donors (Lipinski definition) is 2. The lowest BCUT2D eigenvalue weighted by molar-refractivity contribution is -0.152. The predicted octanol–water partition coefficient (Wildman–Crippen LogP) is 2.18. The zero-order valence-electron chi connectivity index (χ0n) is 9.94. The molecule has 1 aliphatic carbocycles. The van der Waals surface area contributed by atoms with E-state index in [9.17, 15) is 14.7 Å². The first kappa shape index (κ1) is 12.9. The second-order valence-electron chi connectivity index (χ2n) is 4.70. The summed E-state index contributed by atoms with van der Waals surface area (Å²) in [5, 5.41) is 12.4. The van der Waals surface area contributed by atoms with Crippen molar-refractivity contribution in [1.82, 2.24) is 5.32 Å². The molecule has 1 amide bonds. The number of halogens is 1. The Labute approximate surface area is 110 Å². The fourth-order valence-corrected chi connectivity index (χ4v) is 2.76. The Morgan fingerprint density at radius 3 is 2.50 bits per heavy atom. The van der Waals surface area contributed by atoms with E-state index in [-0.39, 0.29) is 11.8 Å². The van der Waals surface area contributed by atoms with Gasteiger partial charge in [-0.25, -0.2) is 4.79 Å². The number of rotatable bonds is 3. The number of aliphatic carboxylic acids is 1. The lowest BCUT2D eigenvalue weighted by Crippen LogP contribution is -2.61. The first-order chi connectivity index (χ1) is 8.44. The molecule has 1 fully saturated rings. The van der Waals surface area contributed by atoms with Crippen LogP contribution in [0.1, 0.15) is 31.2 Å². The highest BCUT2D eigenvalue weighted by Gasteiger charge is 2.51. The number of amides is 1. The van der Waals surface area contributed by atoms with Crippen molar-refractivity contribution in [2.24, 2.45) is 0 Å². The van der Waals surface area contributed by atoms with Crippen LogP contribution in [0.4, 0.5) is 0 Å². The molecular weight excluding hydrogens is 254 g/mol. The van der Waals surface area contributed by atoms with Gasteiger partial charge < -0.3 is 10.4 Å². The largest absolute Gasteiger partial charge is 0.480 e. The van der Waals surface area contributed by atoms with Gasteiger partial charge in [-0.2, -0.15) is 0 Å². The number of carboxylic acid groups (broad SMARTS) is 1. The summed E-state index contributed by atoms with van der Waals surface area (Å²) in [5.41, 5.74) is -0.184. The van der Waals surface area contributed by atoms with Crippen molar-refractivity contribution in [2.75, 3.05) is 0 Å². The lowest BCUT2D eigenvalue weighted by atomic mass is 9.65. The van der Waals surface area contributed by atoms with Gasteiger partial charge >= 0.3 is 5.97 Å². The summed E-state index contributed by atoms with van der Waals surface area (Å²) in [6.45, 7) is 1.33. The Balaban J connectivity index is 2.14. The molecule has 1 saturated carbocycles. The van der Waals surface area contributed by atoms with E-state index < -0.39 is 11.5 Å². The molecule has 18 heavy (non-hydrogen) atoms. The third kappa shape index (κ3) is 2.20. The van der Waals surface area contributed by atoms with Crippen LogP contribution >= 0.6 is 11.6 Å². The third-order valence-electron chi connectivity index (χ3n) is 3.36. The Morgan fingerprint density at radius 2 is 2.00 bits per heavy atom. The summed E-state index contributed by atoms with van der Waals surface area (Å²) >= 11 is 6.08. The molecule has 0 spiro atoms. The molecule has 5 heteroatoms.